The number of amides is 1. The molecule has 2 atom stereocenters. The fraction of sp³-hybridized carbons (Fsp3) is 0.296. The molecule has 1 saturated heterocycles. The average molecular weight is 589 g/mol. The fourth-order valence-electron chi connectivity index (χ4n) is 5.61. The van der Waals surface area contributed by atoms with Gasteiger partial charge in [-0.05, 0) is 31.4 Å². The number of anilines is 1. The molecule has 6 rings (SSSR count). The van der Waals surface area contributed by atoms with E-state index in [2.05, 4.69) is 25.3 Å². The number of sulfone groups is 1. The molecule has 1 fully saturated rings. The van der Waals surface area contributed by atoms with Gasteiger partial charge < -0.3 is 20.8 Å². The van der Waals surface area contributed by atoms with E-state index in [1.807, 2.05) is 6.92 Å². The third-order valence-electron chi connectivity index (χ3n) is 7.65. The maximum Gasteiger partial charge on any atom is 0.291 e. The first-order chi connectivity index (χ1) is 20.2. The lowest BCUT2D eigenvalue weighted by atomic mass is 9.86. The number of nitrogen functional groups attached to an aromatic ring is 1. The first-order valence-electron chi connectivity index (χ1n) is 13.4. The SMILES string of the molecule is CC[C@H]1C[C@H](c2nc3c(-c4ccc(-c5cccc[n+]5[O-])nc4)cnn3c(N)c2S(C)(=O)=O)CCN1C(=O)c1nnc[nH]1. The Morgan fingerprint density at radius 1 is 1.24 bits per heavy atom. The Kier molecular flexibility index (Phi) is 6.80. The van der Waals surface area contributed by atoms with E-state index in [4.69, 9.17) is 10.7 Å². The number of pyridine rings is 2. The van der Waals surface area contributed by atoms with E-state index < -0.39 is 9.84 Å². The molecule has 15 heteroatoms. The monoisotopic (exact) mass is 588 g/mol. The zero-order valence-electron chi connectivity index (χ0n) is 22.9. The van der Waals surface area contributed by atoms with Crippen molar-refractivity contribution in [2.24, 2.45) is 0 Å². The second-order valence-corrected chi connectivity index (χ2v) is 12.2. The Labute approximate surface area is 240 Å². The van der Waals surface area contributed by atoms with Crippen LogP contribution in [0.3, 0.4) is 0 Å². The lowest BCUT2D eigenvalue weighted by Crippen LogP contribution is -2.46. The van der Waals surface area contributed by atoms with E-state index in [1.54, 1.807) is 47.6 Å². The molecule has 0 saturated carbocycles. The Hall–Kier alpha value is -4.92. The van der Waals surface area contributed by atoms with Gasteiger partial charge in [0.05, 0.1) is 11.9 Å². The highest BCUT2D eigenvalue weighted by Gasteiger charge is 2.37. The molecule has 0 aliphatic carbocycles. The van der Waals surface area contributed by atoms with Crippen molar-refractivity contribution < 1.29 is 17.9 Å². The fourth-order valence-corrected chi connectivity index (χ4v) is 6.67. The van der Waals surface area contributed by atoms with Gasteiger partial charge in [0.1, 0.15) is 22.7 Å². The van der Waals surface area contributed by atoms with Crippen LogP contribution in [0, 0.1) is 5.21 Å². The van der Waals surface area contributed by atoms with Crippen molar-refractivity contribution in [1.82, 2.24) is 39.7 Å². The van der Waals surface area contributed by atoms with Crippen LogP contribution in [-0.4, -0.2) is 72.8 Å². The predicted octanol–water partition coefficient (Wildman–Crippen LogP) is 1.99. The summed E-state index contributed by atoms with van der Waals surface area (Å²) in [7, 11) is -3.79. The maximum absolute atomic E-state index is 13.1. The number of nitrogens with zero attached hydrogens (tertiary/aromatic N) is 8. The van der Waals surface area contributed by atoms with Crippen molar-refractivity contribution in [2.45, 2.75) is 43.0 Å². The molecule has 1 amide bonds. The molecule has 0 radical (unpaired) electrons. The highest BCUT2D eigenvalue weighted by atomic mass is 32.2. The largest absolute Gasteiger partial charge is 0.618 e. The van der Waals surface area contributed by atoms with Crippen molar-refractivity contribution in [3.05, 3.63) is 72.0 Å². The highest BCUT2D eigenvalue weighted by Crippen LogP contribution is 2.39. The van der Waals surface area contributed by atoms with Crippen molar-refractivity contribution in [2.75, 3.05) is 18.5 Å². The first-order valence-corrected chi connectivity index (χ1v) is 15.3. The van der Waals surface area contributed by atoms with Crippen molar-refractivity contribution in [3.63, 3.8) is 0 Å². The number of hydrogen-bond donors (Lipinski definition) is 2. The molecule has 5 aromatic rings. The molecule has 0 bridgehead atoms. The number of hydrogen-bond acceptors (Lipinski definition) is 10. The first kappa shape index (κ1) is 27.3. The summed E-state index contributed by atoms with van der Waals surface area (Å²) in [5.74, 6) is -0.401. The van der Waals surface area contributed by atoms with Crippen LogP contribution in [0.25, 0.3) is 28.2 Å². The Bertz CT molecular complexity index is 1890. The van der Waals surface area contributed by atoms with Gasteiger partial charge in [0.25, 0.3) is 5.91 Å². The number of fused-ring (bicyclic) bond motifs is 1. The molecule has 0 spiro atoms. The zero-order valence-corrected chi connectivity index (χ0v) is 23.7. The molecular weight excluding hydrogens is 560 g/mol. The number of piperidine rings is 1. The number of nitrogens with one attached hydrogen (secondary N) is 1. The number of H-pyrrole nitrogens is 1. The minimum atomic E-state index is -3.79. The molecule has 14 nitrogen and oxygen atoms in total. The van der Waals surface area contributed by atoms with Crippen LogP contribution in [0.15, 0.2) is 60.1 Å². The lowest BCUT2D eigenvalue weighted by Gasteiger charge is -2.39. The third kappa shape index (κ3) is 4.70. The van der Waals surface area contributed by atoms with Gasteiger partial charge in [0.2, 0.25) is 11.5 Å². The molecule has 1 aliphatic heterocycles. The number of carbonyl (C=O) groups excluding carboxylic acids is 1. The molecule has 6 heterocycles. The summed E-state index contributed by atoms with van der Waals surface area (Å²) in [6.45, 7) is 2.36. The van der Waals surface area contributed by atoms with Crippen LogP contribution in [0.2, 0.25) is 0 Å². The smallest absolute Gasteiger partial charge is 0.291 e. The Morgan fingerprint density at radius 3 is 2.74 bits per heavy atom. The normalized spacial score (nSPS) is 17.5. The quantitative estimate of drug-likeness (QED) is 0.219. The van der Waals surface area contributed by atoms with E-state index in [1.165, 1.54) is 17.0 Å². The van der Waals surface area contributed by atoms with Crippen LogP contribution in [0.1, 0.15) is 48.4 Å². The number of rotatable bonds is 6. The second-order valence-electron chi connectivity index (χ2n) is 10.2. The molecule has 0 unspecified atom stereocenters. The summed E-state index contributed by atoms with van der Waals surface area (Å²) in [4.78, 5) is 26.8. The maximum atomic E-state index is 13.1. The van der Waals surface area contributed by atoms with Gasteiger partial charge in [0.15, 0.2) is 21.7 Å². The highest BCUT2D eigenvalue weighted by molar-refractivity contribution is 7.91. The van der Waals surface area contributed by atoms with Gasteiger partial charge in [-0.25, -0.2) is 18.4 Å². The van der Waals surface area contributed by atoms with E-state index in [0.717, 1.165) is 11.0 Å². The second kappa shape index (κ2) is 10.5. The van der Waals surface area contributed by atoms with Crippen LogP contribution in [-0.2, 0) is 9.84 Å². The van der Waals surface area contributed by atoms with Crippen molar-refractivity contribution in [1.29, 1.82) is 0 Å². The average Bonchev–Trinajstić information content (AvgIpc) is 3.67. The zero-order chi connectivity index (χ0) is 29.6. The number of nitrogens with two attached hydrogens (primary N) is 1. The molecule has 3 N–H and O–H groups in total. The predicted molar refractivity (Wildman–Crippen MR) is 152 cm³/mol. The van der Waals surface area contributed by atoms with Gasteiger partial charge in [-0.3, -0.25) is 4.79 Å². The summed E-state index contributed by atoms with van der Waals surface area (Å²) < 4.78 is 28.1. The summed E-state index contributed by atoms with van der Waals surface area (Å²) in [5.41, 5.74) is 9.40. The van der Waals surface area contributed by atoms with Crippen LogP contribution in [0.4, 0.5) is 5.82 Å². The van der Waals surface area contributed by atoms with Crippen LogP contribution < -0.4 is 10.5 Å². The Balaban J connectivity index is 1.40. The number of aromatic nitrogens is 8. The lowest BCUT2D eigenvalue weighted by molar-refractivity contribution is -0.593. The van der Waals surface area contributed by atoms with Crippen LogP contribution >= 0.6 is 0 Å². The van der Waals surface area contributed by atoms with Crippen molar-refractivity contribution in [3.8, 4) is 22.5 Å². The number of carbonyl (C=O) groups is 1. The minimum absolute atomic E-state index is 0.0294. The summed E-state index contributed by atoms with van der Waals surface area (Å²) in [5, 5.41) is 24.1. The standard InChI is InChI=1S/C27H28N10O4S/c1-3-18-12-16(9-11-35(18)27(38)25-30-15-31-34-25)22-23(42(2,40)41)24(28)37-26(33-22)19(14-32-37)17-7-8-20(29-13-17)21-6-4-5-10-36(21)39/h4-8,10,13-16,18H,3,9,11-12,28H2,1-2H3,(H,30,31,34)/t16-,18+/m1/s1. The molecular formula is C27H28N10O4S. The van der Waals surface area contributed by atoms with Gasteiger partial charge in [-0.1, -0.05) is 13.0 Å². The number of aromatic amines is 1. The Morgan fingerprint density at radius 2 is 2.07 bits per heavy atom. The summed E-state index contributed by atoms with van der Waals surface area (Å²) in [6, 6.07) is 8.44. The summed E-state index contributed by atoms with van der Waals surface area (Å²) >= 11 is 0. The molecule has 216 valence electrons. The van der Waals surface area contributed by atoms with Crippen LogP contribution in [0.5, 0.6) is 0 Å². The number of likely N-dealkylation sites (tertiary alicyclic amines) is 1. The minimum Gasteiger partial charge on any atom is -0.618 e. The van der Waals surface area contributed by atoms with E-state index in [9.17, 15) is 18.4 Å². The topological polar surface area (TPSA) is 192 Å². The van der Waals surface area contributed by atoms with E-state index >= 15 is 0 Å². The van der Waals surface area contributed by atoms with Gasteiger partial charge in [0, 0.05) is 54.2 Å². The van der Waals surface area contributed by atoms with Gasteiger partial charge >= 0.3 is 0 Å². The van der Waals surface area contributed by atoms with E-state index in [0.29, 0.717) is 59.7 Å². The van der Waals surface area contributed by atoms with Crippen molar-refractivity contribution >= 4 is 27.2 Å². The summed E-state index contributed by atoms with van der Waals surface area (Å²) in [6.07, 6.45) is 8.67. The third-order valence-corrected chi connectivity index (χ3v) is 8.81. The molecule has 1 aliphatic rings. The van der Waals surface area contributed by atoms with Gasteiger partial charge in [-0.2, -0.15) is 14.3 Å². The molecule has 5 aromatic heterocycles. The molecule has 42 heavy (non-hydrogen) atoms. The van der Waals surface area contributed by atoms with E-state index in [-0.39, 0.29) is 34.4 Å². The van der Waals surface area contributed by atoms with Gasteiger partial charge in [-0.15, -0.1) is 10.2 Å². The molecule has 0 aromatic carbocycles.